The zero-order valence-electron chi connectivity index (χ0n) is 40.6. The third-order valence-corrected chi connectivity index (χ3v) is 15.4. The summed E-state index contributed by atoms with van der Waals surface area (Å²) >= 11 is 14.0. The van der Waals surface area contributed by atoms with E-state index in [9.17, 15) is 40.9 Å². The quantitative estimate of drug-likeness (QED) is 0.00987. The van der Waals surface area contributed by atoms with Gasteiger partial charge in [-0.05, 0) is 81.7 Å². The molecule has 0 saturated carbocycles. The van der Waals surface area contributed by atoms with Gasteiger partial charge in [-0.2, -0.15) is 23.5 Å². The molecule has 4 aliphatic rings. The van der Waals surface area contributed by atoms with E-state index in [0.717, 1.165) is 58.2 Å². The standard InChI is InChI=1S/C42H80N12O14S4/c43-17-25-31(57)23(19-55)29(45)39(65-25)67-35-27(63-37(61)33(35)59)21-71-15-10-50-41(69)48-7-3-5-13-54(12-4-1-2-9-52-53-47)14-6-8-49-42(70)51-11-16-72-22-28-36(34(60)38(62)64-28)68-40-30(46)24(20-56)32(58)26(18-44)66-40/h23-25,27-31,33-40,55-62H,1-22,43-46H2,(H2,48,50,69)(H2,49,51,70)/t23?,24?,25?,27?,28-,29?,30?,31+,33?,34?,35?,36?,37?,38?,39-,40-/m1/s1. The maximum Gasteiger partial charge on any atom is 0.216 e. The number of hydrogen-bond donors (Lipinski definition) is 16. The minimum atomic E-state index is -1.48. The molecule has 0 aromatic heterocycles. The van der Waals surface area contributed by atoms with Gasteiger partial charge < -0.3 is 118 Å². The largest absolute Gasteiger partial charge is 0.508 e. The Labute approximate surface area is 439 Å². The van der Waals surface area contributed by atoms with Gasteiger partial charge >= 0.3 is 0 Å². The van der Waals surface area contributed by atoms with Gasteiger partial charge in [-0.25, -0.2) is 0 Å². The number of hydrogen-bond acceptors (Lipinski definition) is 24. The van der Waals surface area contributed by atoms with Crippen LogP contribution in [-0.4, -0.2) is 244 Å². The average molecular weight is 1110 g/mol. The number of ether oxygens (including phenoxy) is 6. The number of aliphatic hydroxyl groups is 8. The van der Waals surface area contributed by atoms with Gasteiger partial charge in [0.25, 0.3) is 0 Å². The van der Waals surface area contributed by atoms with Crippen LogP contribution in [0.4, 0.5) is 0 Å². The number of nitrogens with one attached hydrogen (secondary N) is 4. The molecule has 4 aliphatic heterocycles. The fourth-order valence-corrected chi connectivity index (χ4v) is 10.8. The van der Waals surface area contributed by atoms with Crippen molar-refractivity contribution in [3.63, 3.8) is 0 Å². The van der Waals surface area contributed by atoms with Crippen molar-refractivity contribution in [3.8, 4) is 0 Å². The molecule has 26 nitrogen and oxygen atoms in total. The number of rotatable bonds is 33. The van der Waals surface area contributed by atoms with Gasteiger partial charge in [0, 0.05) is 73.1 Å². The van der Waals surface area contributed by atoms with Crippen molar-refractivity contribution < 1.29 is 69.3 Å². The first-order chi connectivity index (χ1) is 34.7. The SMILES string of the molecule is [N-]=[N+]=NCCCCCN(CCCCNC(=S)NCCSCC1OC(O)C(O)C1O[C@H]1OC(CN)[C@@H](O)C(CO)C1N)CCCNC(=S)NCCSC[C@H]1OC(O)C(O)C1O[C@H]1OC(CN)=C(O)C(CO)C1N. The van der Waals surface area contributed by atoms with Crippen LogP contribution in [0, 0.1) is 11.8 Å². The van der Waals surface area contributed by atoms with E-state index in [2.05, 4.69) is 36.2 Å². The molecule has 12 unspecified atom stereocenters. The Morgan fingerprint density at radius 2 is 1.24 bits per heavy atom. The van der Waals surface area contributed by atoms with Crippen molar-refractivity contribution in [3.05, 3.63) is 22.0 Å². The average Bonchev–Trinajstić information content (AvgIpc) is 3.78. The zero-order chi connectivity index (χ0) is 52.6. The van der Waals surface area contributed by atoms with E-state index in [-0.39, 0.29) is 24.6 Å². The molecule has 3 saturated heterocycles. The molecule has 72 heavy (non-hydrogen) atoms. The van der Waals surface area contributed by atoms with Gasteiger partial charge in [0.15, 0.2) is 34.9 Å². The summed E-state index contributed by atoms with van der Waals surface area (Å²) in [6.45, 7) is 4.55. The highest BCUT2D eigenvalue weighted by Gasteiger charge is 2.50. The second kappa shape index (κ2) is 33.9. The predicted octanol–water partition coefficient (Wildman–Crippen LogP) is -3.74. The molecule has 0 radical (unpaired) electrons. The van der Waals surface area contributed by atoms with Crippen molar-refractivity contribution in [2.75, 3.05) is 102 Å². The fraction of sp³-hybridized carbons (Fsp3) is 0.905. The monoisotopic (exact) mass is 1100 g/mol. The Balaban J connectivity index is 1.08. The Morgan fingerprint density at radius 3 is 1.78 bits per heavy atom. The molecule has 0 bridgehead atoms. The minimum absolute atomic E-state index is 0.0250. The predicted molar refractivity (Wildman–Crippen MR) is 278 cm³/mol. The molecule has 0 aromatic carbocycles. The van der Waals surface area contributed by atoms with Crippen molar-refractivity contribution >= 4 is 58.2 Å². The summed E-state index contributed by atoms with van der Waals surface area (Å²) < 4.78 is 34.5. The normalized spacial score (nSPS) is 32.6. The molecular weight excluding hydrogens is 1020 g/mol. The fourth-order valence-electron chi connectivity index (χ4n) is 8.53. The first-order valence-corrected chi connectivity index (χ1v) is 27.6. The molecular formula is C42H80N12O14S4. The molecule has 3 fully saturated rings. The van der Waals surface area contributed by atoms with E-state index in [1.165, 1.54) is 23.5 Å². The molecule has 30 heteroatoms. The van der Waals surface area contributed by atoms with Crippen LogP contribution < -0.4 is 44.2 Å². The summed E-state index contributed by atoms with van der Waals surface area (Å²) in [4.78, 5) is 5.26. The van der Waals surface area contributed by atoms with E-state index >= 15 is 0 Å². The van der Waals surface area contributed by atoms with E-state index in [1.807, 2.05) is 0 Å². The van der Waals surface area contributed by atoms with E-state index in [1.54, 1.807) is 0 Å². The lowest BCUT2D eigenvalue weighted by atomic mass is 9.88. The molecule has 20 N–H and O–H groups in total. The lowest BCUT2D eigenvalue weighted by Crippen LogP contribution is -2.62. The lowest BCUT2D eigenvalue weighted by Gasteiger charge is -2.43. The Morgan fingerprint density at radius 1 is 0.694 bits per heavy atom. The Bertz CT molecular complexity index is 1680. The zero-order valence-corrected chi connectivity index (χ0v) is 43.8. The van der Waals surface area contributed by atoms with Crippen LogP contribution in [0.25, 0.3) is 10.4 Å². The second-order valence-electron chi connectivity index (χ2n) is 17.8. The molecule has 416 valence electrons. The van der Waals surface area contributed by atoms with Gasteiger partial charge in [0.05, 0.1) is 62.2 Å². The summed E-state index contributed by atoms with van der Waals surface area (Å²) in [6.07, 6.45) is -7.73. The maximum absolute atomic E-state index is 10.6. The number of unbranched alkanes of at least 4 members (excludes halogenated alkanes) is 3. The molecule has 4 rings (SSSR count). The van der Waals surface area contributed by atoms with Gasteiger partial charge in [-0.3, -0.25) is 0 Å². The summed E-state index contributed by atoms with van der Waals surface area (Å²) in [5.74, 6) is 0.163. The number of aliphatic hydroxyl groups excluding tert-OH is 8. The van der Waals surface area contributed by atoms with Crippen molar-refractivity contribution in [1.29, 1.82) is 0 Å². The topological polar surface area (TPSA) is 421 Å². The number of thioether (sulfide) groups is 2. The first-order valence-electron chi connectivity index (χ1n) is 24.5. The molecule has 0 aliphatic carbocycles. The third-order valence-electron chi connectivity index (χ3n) is 12.7. The molecule has 0 spiro atoms. The van der Waals surface area contributed by atoms with Gasteiger partial charge in [-0.1, -0.05) is 11.5 Å². The minimum Gasteiger partial charge on any atom is -0.508 e. The van der Waals surface area contributed by atoms with E-state index < -0.39 is 111 Å². The highest BCUT2D eigenvalue weighted by molar-refractivity contribution is 7.99. The molecule has 16 atom stereocenters. The van der Waals surface area contributed by atoms with Gasteiger partial charge in [-0.15, -0.1) is 0 Å². The number of nitrogens with two attached hydrogens (primary N) is 4. The van der Waals surface area contributed by atoms with Gasteiger partial charge in [0.1, 0.15) is 30.2 Å². The summed E-state index contributed by atoms with van der Waals surface area (Å²) in [6, 6.07) is -1.87. The lowest BCUT2D eigenvalue weighted by molar-refractivity contribution is -0.272. The van der Waals surface area contributed by atoms with Gasteiger partial charge in [0.2, 0.25) is 6.29 Å². The van der Waals surface area contributed by atoms with Crippen LogP contribution in [-0.2, 0) is 28.4 Å². The van der Waals surface area contributed by atoms with Crippen LogP contribution in [0.3, 0.4) is 0 Å². The highest BCUT2D eigenvalue weighted by Crippen LogP contribution is 2.34. The van der Waals surface area contributed by atoms with Crippen LogP contribution in [0.15, 0.2) is 16.6 Å². The number of thiocarbonyl (C=S) groups is 2. The van der Waals surface area contributed by atoms with Crippen molar-refractivity contribution in [2.24, 2.45) is 39.9 Å². The summed E-state index contributed by atoms with van der Waals surface area (Å²) in [5.41, 5.74) is 32.4. The molecule has 0 aromatic rings. The van der Waals surface area contributed by atoms with Crippen molar-refractivity contribution in [2.45, 2.75) is 125 Å². The third kappa shape index (κ3) is 19.6. The van der Waals surface area contributed by atoms with Crippen LogP contribution in [0.2, 0.25) is 0 Å². The number of azide groups is 1. The van der Waals surface area contributed by atoms with Crippen LogP contribution in [0.1, 0.15) is 38.5 Å². The molecule has 4 heterocycles. The van der Waals surface area contributed by atoms with Crippen molar-refractivity contribution in [1.82, 2.24) is 26.2 Å². The van der Waals surface area contributed by atoms with Crippen LogP contribution >= 0.6 is 48.0 Å². The second-order valence-corrected chi connectivity index (χ2v) is 20.9. The summed E-state index contributed by atoms with van der Waals surface area (Å²) in [7, 11) is 0. The number of nitrogens with zero attached hydrogens (tertiary/aromatic N) is 4. The Hall–Kier alpha value is -1.95. The van der Waals surface area contributed by atoms with Crippen LogP contribution in [0.5, 0.6) is 0 Å². The first kappa shape index (κ1) is 62.6. The molecule has 0 amide bonds. The summed E-state index contributed by atoms with van der Waals surface area (Å²) in [5, 5.41) is 99.7. The highest BCUT2D eigenvalue weighted by atomic mass is 32.2. The van der Waals surface area contributed by atoms with E-state index in [0.29, 0.717) is 66.0 Å². The Kier molecular flexibility index (Phi) is 29.5. The smallest absolute Gasteiger partial charge is 0.216 e. The van der Waals surface area contributed by atoms with E-state index in [4.69, 9.17) is 81.3 Å². The maximum atomic E-state index is 10.6.